The fourth-order valence-corrected chi connectivity index (χ4v) is 1.64. The molecular formula is C11H20O5. The Morgan fingerprint density at radius 2 is 2.38 bits per heavy atom. The number of carboxylic acid groups (broad SMARTS) is 1. The largest absolute Gasteiger partial charge is 0.479 e. The summed E-state index contributed by atoms with van der Waals surface area (Å²) in [5.41, 5.74) is 0. The Hall–Kier alpha value is -0.650. The van der Waals surface area contributed by atoms with Crippen LogP contribution in [0.3, 0.4) is 0 Å². The van der Waals surface area contributed by atoms with Crippen molar-refractivity contribution in [2.75, 3.05) is 26.4 Å². The van der Waals surface area contributed by atoms with E-state index in [4.69, 9.17) is 19.3 Å². The van der Waals surface area contributed by atoms with Crippen LogP contribution in [0.4, 0.5) is 0 Å². The second kappa shape index (κ2) is 7.60. The van der Waals surface area contributed by atoms with E-state index >= 15 is 0 Å². The van der Waals surface area contributed by atoms with E-state index < -0.39 is 12.1 Å². The first-order valence-electron chi connectivity index (χ1n) is 5.77. The number of aliphatic carboxylic acids is 1. The smallest absolute Gasteiger partial charge is 0.335 e. The summed E-state index contributed by atoms with van der Waals surface area (Å²) in [5.74, 6) is -0.980. The number of hydrogen-bond acceptors (Lipinski definition) is 4. The molecule has 1 rings (SSSR count). The molecule has 0 aromatic rings. The highest BCUT2D eigenvalue weighted by Gasteiger charge is 2.19. The third-order valence-electron chi connectivity index (χ3n) is 2.49. The first-order chi connectivity index (χ1) is 7.74. The SMILES string of the molecule is CCOC(COCC1CCCCO1)C(=O)O. The lowest BCUT2D eigenvalue weighted by Crippen LogP contribution is -2.32. The Kier molecular flexibility index (Phi) is 6.37. The average Bonchev–Trinajstić information content (AvgIpc) is 2.29. The van der Waals surface area contributed by atoms with Gasteiger partial charge in [0.2, 0.25) is 0 Å². The van der Waals surface area contributed by atoms with Crippen LogP contribution in [0.2, 0.25) is 0 Å². The summed E-state index contributed by atoms with van der Waals surface area (Å²) in [6.07, 6.45) is 2.50. The van der Waals surface area contributed by atoms with Gasteiger partial charge in [-0.2, -0.15) is 0 Å². The summed E-state index contributed by atoms with van der Waals surface area (Å²) in [5, 5.41) is 8.81. The van der Waals surface area contributed by atoms with Crippen molar-refractivity contribution in [1.29, 1.82) is 0 Å². The van der Waals surface area contributed by atoms with Crippen LogP contribution in [0, 0.1) is 0 Å². The zero-order valence-corrected chi connectivity index (χ0v) is 9.68. The Balaban J connectivity index is 2.13. The monoisotopic (exact) mass is 232 g/mol. The predicted molar refractivity (Wildman–Crippen MR) is 57.5 cm³/mol. The maximum atomic E-state index is 10.7. The van der Waals surface area contributed by atoms with Crippen molar-refractivity contribution < 1.29 is 24.1 Å². The van der Waals surface area contributed by atoms with Crippen LogP contribution in [0.5, 0.6) is 0 Å². The lowest BCUT2D eigenvalue weighted by molar-refractivity contribution is -0.155. The predicted octanol–water partition coefficient (Wildman–Crippen LogP) is 1.06. The number of rotatable bonds is 7. The van der Waals surface area contributed by atoms with Gasteiger partial charge in [-0.25, -0.2) is 4.79 Å². The summed E-state index contributed by atoms with van der Waals surface area (Å²) in [6.45, 7) is 3.46. The summed E-state index contributed by atoms with van der Waals surface area (Å²) in [6, 6.07) is 0. The molecule has 0 radical (unpaired) electrons. The van der Waals surface area contributed by atoms with Gasteiger partial charge in [-0.3, -0.25) is 0 Å². The molecule has 0 aromatic carbocycles. The van der Waals surface area contributed by atoms with E-state index in [0.29, 0.717) is 13.2 Å². The molecule has 0 aliphatic carbocycles. The standard InChI is InChI=1S/C11H20O5/c1-2-15-10(11(12)13)8-14-7-9-5-3-4-6-16-9/h9-10H,2-8H2,1H3,(H,12,13). The number of ether oxygens (including phenoxy) is 3. The van der Waals surface area contributed by atoms with Crippen LogP contribution in [0.1, 0.15) is 26.2 Å². The van der Waals surface area contributed by atoms with E-state index in [9.17, 15) is 4.79 Å². The highest BCUT2D eigenvalue weighted by Crippen LogP contribution is 2.12. The molecule has 1 heterocycles. The van der Waals surface area contributed by atoms with E-state index in [2.05, 4.69) is 0 Å². The van der Waals surface area contributed by atoms with Crippen molar-refractivity contribution >= 4 is 5.97 Å². The van der Waals surface area contributed by atoms with Crippen LogP contribution in [-0.4, -0.2) is 49.7 Å². The lowest BCUT2D eigenvalue weighted by Gasteiger charge is -2.23. The quantitative estimate of drug-likeness (QED) is 0.711. The molecule has 1 N–H and O–H groups in total. The van der Waals surface area contributed by atoms with Crippen molar-refractivity contribution in [2.24, 2.45) is 0 Å². The molecule has 5 nitrogen and oxygen atoms in total. The van der Waals surface area contributed by atoms with Gasteiger partial charge in [0.1, 0.15) is 0 Å². The minimum Gasteiger partial charge on any atom is -0.479 e. The highest BCUT2D eigenvalue weighted by atomic mass is 16.6. The molecule has 0 aromatic heterocycles. The maximum absolute atomic E-state index is 10.7. The normalized spacial score (nSPS) is 22.9. The van der Waals surface area contributed by atoms with Gasteiger partial charge < -0.3 is 19.3 Å². The first-order valence-corrected chi connectivity index (χ1v) is 5.77. The molecule has 1 fully saturated rings. The third-order valence-corrected chi connectivity index (χ3v) is 2.49. The Labute approximate surface area is 95.7 Å². The average molecular weight is 232 g/mol. The highest BCUT2D eigenvalue weighted by molar-refractivity contribution is 5.72. The summed E-state index contributed by atoms with van der Waals surface area (Å²) < 4.78 is 15.8. The van der Waals surface area contributed by atoms with Crippen molar-refractivity contribution in [1.82, 2.24) is 0 Å². The second-order valence-corrected chi connectivity index (χ2v) is 3.81. The van der Waals surface area contributed by atoms with Gasteiger partial charge in [-0.05, 0) is 26.2 Å². The summed E-state index contributed by atoms with van der Waals surface area (Å²) >= 11 is 0. The molecule has 0 spiro atoms. The Morgan fingerprint density at radius 1 is 1.56 bits per heavy atom. The molecule has 16 heavy (non-hydrogen) atoms. The van der Waals surface area contributed by atoms with E-state index in [1.807, 2.05) is 0 Å². The van der Waals surface area contributed by atoms with Crippen LogP contribution < -0.4 is 0 Å². The summed E-state index contributed by atoms with van der Waals surface area (Å²) in [7, 11) is 0. The molecular weight excluding hydrogens is 212 g/mol. The van der Waals surface area contributed by atoms with Gasteiger partial charge in [0.15, 0.2) is 6.10 Å². The molecule has 1 aliphatic heterocycles. The zero-order chi connectivity index (χ0) is 11.8. The number of hydrogen-bond donors (Lipinski definition) is 1. The molecule has 0 amide bonds. The lowest BCUT2D eigenvalue weighted by atomic mass is 10.1. The fraction of sp³-hybridized carbons (Fsp3) is 0.909. The molecule has 1 saturated heterocycles. The Bertz CT molecular complexity index is 201. The molecule has 2 atom stereocenters. The third kappa shape index (κ3) is 4.92. The second-order valence-electron chi connectivity index (χ2n) is 3.81. The molecule has 0 saturated carbocycles. The van der Waals surface area contributed by atoms with Gasteiger partial charge in [0.05, 0.1) is 19.3 Å². The van der Waals surface area contributed by atoms with Crippen molar-refractivity contribution in [2.45, 2.75) is 38.4 Å². The fourth-order valence-electron chi connectivity index (χ4n) is 1.64. The van der Waals surface area contributed by atoms with Crippen LogP contribution in [0.15, 0.2) is 0 Å². The van der Waals surface area contributed by atoms with E-state index in [1.54, 1.807) is 6.92 Å². The number of carboxylic acids is 1. The van der Waals surface area contributed by atoms with Gasteiger partial charge >= 0.3 is 5.97 Å². The molecule has 0 bridgehead atoms. The van der Waals surface area contributed by atoms with Crippen molar-refractivity contribution in [3.63, 3.8) is 0 Å². The molecule has 94 valence electrons. The van der Waals surface area contributed by atoms with Gasteiger partial charge in [0, 0.05) is 13.2 Å². The topological polar surface area (TPSA) is 65.0 Å². The van der Waals surface area contributed by atoms with Gasteiger partial charge in [-0.15, -0.1) is 0 Å². The maximum Gasteiger partial charge on any atom is 0.335 e. The minimum atomic E-state index is -0.980. The van der Waals surface area contributed by atoms with Crippen LogP contribution >= 0.6 is 0 Å². The van der Waals surface area contributed by atoms with E-state index in [1.165, 1.54) is 0 Å². The van der Waals surface area contributed by atoms with Crippen LogP contribution in [0.25, 0.3) is 0 Å². The van der Waals surface area contributed by atoms with E-state index in [-0.39, 0.29) is 12.7 Å². The number of carbonyl (C=O) groups is 1. The molecule has 5 heteroatoms. The van der Waals surface area contributed by atoms with Gasteiger partial charge in [-0.1, -0.05) is 0 Å². The first kappa shape index (κ1) is 13.4. The van der Waals surface area contributed by atoms with Crippen molar-refractivity contribution in [3.8, 4) is 0 Å². The van der Waals surface area contributed by atoms with Crippen molar-refractivity contribution in [3.05, 3.63) is 0 Å². The molecule has 2 unspecified atom stereocenters. The van der Waals surface area contributed by atoms with Gasteiger partial charge in [0.25, 0.3) is 0 Å². The van der Waals surface area contributed by atoms with E-state index in [0.717, 1.165) is 25.9 Å². The Morgan fingerprint density at radius 3 is 2.94 bits per heavy atom. The minimum absolute atomic E-state index is 0.0863. The summed E-state index contributed by atoms with van der Waals surface area (Å²) in [4.78, 5) is 10.7. The molecule has 1 aliphatic rings. The zero-order valence-electron chi connectivity index (χ0n) is 9.68. The van der Waals surface area contributed by atoms with Crippen LogP contribution in [-0.2, 0) is 19.0 Å².